The molecule has 2 aromatic carbocycles. The van der Waals surface area contributed by atoms with Gasteiger partial charge in [0.15, 0.2) is 0 Å². The van der Waals surface area contributed by atoms with Gasteiger partial charge in [0.25, 0.3) is 11.4 Å². The molecular weight excluding hydrogens is 434 g/mol. The number of rotatable bonds is 7. The number of carboxylic acids is 2. The van der Waals surface area contributed by atoms with E-state index >= 15 is 0 Å². The van der Waals surface area contributed by atoms with Crippen molar-refractivity contribution >= 4 is 44.9 Å². The molecule has 0 N–H and O–H groups in total. The van der Waals surface area contributed by atoms with Crippen molar-refractivity contribution in [1.82, 2.24) is 0 Å². The predicted molar refractivity (Wildman–Crippen MR) is 86.6 cm³/mol. The van der Waals surface area contributed by atoms with Crippen LogP contribution in [-0.4, -0.2) is 21.8 Å². The van der Waals surface area contributed by atoms with E-state index in [1.165, 1.54) is 12.1 Å². The van der Waals surface area contributed by atoms with Gasteiger partial charge in [-0.3, -0.25) is 20.2 Å². The van der Waals surface area contributed by atoms with Crippen LogP contribution in [0.3, 0.4) is 0 Å². The Morgan fingerprint density at radius 1 is 0.714 bits per heavy atom. The molecule has 2 rings (SSSR count). The first-order valence-corrected chi connectivity index (χ1v) is 8.69. The second-order valence-electron chi connectivity index (χ2n) is 4.61. The largest absolute Gasteiger partial charge is 1.00 e. The third-order valence-electron chi connectivity index (χ3n) is 3.00. The van der Waals surface area contributed by atoms with Gasteiger partial charge in [0.05, 0.1) is 32.9 Å². The smallest absolute Gasteiger partial charge is 0.545 e. The van der Waals surface area contributed by atoms with Crippen LogP contribution in [0.2, 0.25) is 0 Å². The molecule has 0 amide bonds. The zero-order chi connectivity index (χ0) is 19.4. The van der Waals surface area contributed by atoms with Crippen LogP contribution in [0.1, 0.15) is 20.7 Å². The van der Waals surface area contributed by atoms with Crippen LogP contribution in [0.25, 0.3) is 0 Å². The minimum absolute atomic E-state index is 0. The maximum absolute atomic E-state index is 11.0. The summed E-state index contributed by atoms with van der Waals surface area (Å²) in [5.41, 5.74) is -2.43. The number of carbonyl (C=O) groups excluding carboxylic acids is 2. The minimum atomic E-state index is -1.71. The molecule has 0 aromatic heterocycles. The maximum atomic E-state index is 11.0. The molecule has 0 heterocycles. The Morgan fingerprint density at radius 3 is 1.29 bits per heavy atom. The summed E-state index contributed by atoms with van der Waals surface area (Å²) in [6.07, 6.45) is 0. The second kappa shape index (κ2) is 11.8. The first kappa shape index (κ1) is 26.9. The number of hydrogen-bond donors (Lipinski definition) is 0. The molecule has 0 saturated heterocycles. The number of nitro benzene ring substituents is 2. The van der Waals surface area contributed by atoms with Crippen molar-refractivity contribution in [2.75, 3.05) is 0 Å². The van der Waals surface area contributed by atoms with Crippen molar-refractivity contribution < 1.29 is 88.8 Å². The molecule has 0 unspecified atom stereocenters. The topological polar surface area (TPSA) is 167 Å². The van der Waals surface area contributed by atoms with Crippen molar-refractivity contribution in [2.24, 2.45) is 0 Å². The van der Waals surface area contributed by atoms with Gasteiger partial charge < -0.3 is 19.8 Å². The van der Waals surface area contributed by atoms with Gasteiger partial charge in [-0.05, 0) is 24.3 Å². The molecule has 28 heavy (non-hydrogen) atoms. The van der Waals surface area contributed by atoms with Crippen LogP contribution in [-0.2, 0) is 0 Å². The average Bonchev–Trinajstić information content (AvgIpc) is 2.59. The zero-order valence-electron chi connectivity index (χ0n) is 14.4. The zero-order valence-corrected chi connectivity index (χ0v) is 20.1. The number of nitro groups is 2. The molecule has 0 bridgehead atoms. The summed E-state index contributed by atoms with van der Waals surface area (Å²) in [6, 6.07) is 6.75. The SMILES string of the molecule is O=C([O-])c1cc(SSc2ccc([N+](=O)[O-])c(C(=O)[O-])c2)ccc1[N+](=O)[O-].[Na+].[Na+]. The second-order valence-corrected chi connectivity index (χ2v) is 6.89. The Balaban J connectivity index is 0.00000364. The molecule has 0 atom stereocenters. The Morgan fingerprint density at radius 2 is 1.04 bits per heavy atom. The Kier molecular flexibility index (Phi) is 11.3. The minimum Gasteiger partial charge on any atom is -0.545 e. The standard InChI is InChI=1S/C14H8N2O8S2.2Na/c17-13(18)9-5-7(1-3-11(9)15(21)22)25-26-8-2-4-12(16(23)24)10(6-8)14(19)20;;/h1-6H,(H,17,18)(H,19,20);;/q;2*+1/p-2. The summed E-state index contributed by atoms with van der Waals surface area (Å²) in [5, 5.41) is 43.6. The van der Waals surface area contributed by atoms with Gasteiger partial charge in [-0.2, -0.15) is 0 Å². The van der Waals surface area contributed by atoms with Crippen LogP contribution < -0.4 is 69.3 Å². The van der Waals surface area contributed by atoms with Crippen LogP contribution in [0.5, 0.6) is 0 Å². The molecule has 0 aliphatic heterocycles. The van der Waals surface area contributed by atoms with Gasteiger partial charge in [0.2, 0.25) is 0 Å². The number of hydrogen-bond acceptors (Lipinski definition) is 10. The van der Waals surface area contributed by atoms with E-state index in [4.69, 9.17) is 0 Å². The van der Waals surface area contributed by atoms with Crippen molar-refractivity contribution in [3.63, 3.8) is 0 Å². The number of benzene rings is 2. The molecule has 14 heteroatoms. The van der Waals surface area contributed by atoms with E-state index in [1.54, 1.807) is 0 Å². The Bertz CT molecular complexity index is 866. The molecule has 134 valence electrons. The summed E-state index contributed by atoms with van der Waals surface area (Å²) >= 11 is 0. The molecule has 0 aliphatic carbocycles. The van der Waals surface area contributed by atoms with E-state index in [0.717, 1.165) is 45.9 Å². The predicted octanol–water partition coefficient (Wildman–Crippen LogP) is -4.96. The molecule has 0 spiro atoms. The summed E-state index contributed by atoms with van der Waals surface area (Å²) in [7, 11) is 1.96. The van der Waals surface area contributed by atoms with E-state index in [0.29, 0.717) is 9.79 Å². The number of carbonyl (C=O) groups is 2. The van der Waals surface area contributed by atoms with Gasteiger partial charge in [-0.1, -0.05) is 21.6 Å². The monoisotopic (exact) mass is 440 g/mol. The molecule has 0 aliphatic rings. The average molecular weight is 440 g/mol. The molecule has 0 saturated carbocycles. The third-order valence-corrected chi connectivity index (χ3v) is 5.38. The fourth-order valence-electron chi connectivity index (χ4n) is 1.88. The summed E-state index contributed by atoms with van der Waals surface area (Å²) < 4.78 is 0. The summed E-state index contributed by atoms with van der Waals surface area (Å²) in [4.78, 5) is 42.5. The number of aromatic carboxylic acids is 2. The van der Waals surface area contributed by atoms with E-state index < -0.39 is 44.3 Å². The molecule has 0 radical (unpaired) electrons. The number of carboxylic acid groups (broad SMARTS) is 2. The molecular formula is C14H6N2Na2O8S2. The first-order chi connectivity index (χ1) is 12.2. The summed E-state index contributed by atoms with van der Waals surface area (Å²) in [5.74, 6) is -3.42. The van der Waals surface area contributed by atoms with Crippen LogP contribution >= 0.6 is 21.6 Å². The van der Waals surface area contributed by atoms with E-state index in [2.05, 4.69) is 0 Å². The van der Waals surface area contributed by atoms with Crippen molar-refractivity contribution in [1.29, 1.82) is 0 Å². The Hall–Kier alpha value is -1.12. The first-order valence-electron chi connectivity index (χ1n) is 6.54. The molecule has 2 aromatic rings. The van der Waals surface area contributed by atoms with Gasteiger partial charge in [0.1, 0.15) is 0 Å². The van der Waals surface area contributed by atoms with Gasteiger partial charge in [-0.15, -0.1) is 0 Å². The Labute approximate surface area is 209 Å². The fraction of sp³-hybridized carbons (Fsp3) is 0. The van der Waals surface area contributed by atoms with E-state index in [1.807, 2.05) is 0 Å². The van der Waals surface area contributed by atoms with Gasteiger partial charge in [0, 0.05) is 21.9 Å². The van der Waals surface area contributed by atoms with Gasteiger partial charge in [-0.25, -0.2) is 0 Å². The summed E-state index contributed by atoms with van der Waals surface area (Å²) in [6.45, 7) is 0. The third kappa shape index (κ3) is 6.74. The van der Waals surface area contributed by atoms with Crippen LogP contribution in [0.4, 0.5) is 11.4 Å². The normalized spacial score (nSPS) is 9.57. The van der Waals surface area contributed by atoms with Crippen LogP contribution in [0.15, 0.2) is 46.2 Å². The maximum Gasteiger partial charge on any atom is 1.00 e. The fourth-order valence-corrected chi connectivity index (χ4v) is 3.85. The van der Waals surface area contributed by atoms with E-state index in [9.17, 15) is 40.0 Å². The van der Waals surface area contributed by atoms with Crippen molar-refractivity contribution in [2.45, 2.75) is 9.79 Å². The quantitative estimate of drug-likeness (QED) is 0.176. The van der Waals surface area contributed by atoms with Crippen molar-refractivity contribution in [3.05, 3.63) is 67.8 Å². The molecule has 10 nitrogen and oxygen atoms in total. The van der Waals surface area contributed by atoms with E-state index in [-0.39, 0.29) is 59.1 Å². The molecule has 0 fully saturated rings. The van der Waals surface area contributed by atoms with Crippen molar-refractivity contribution in [3.8, 4) is 0 Å². The number of nitrogens with zero attached hydrogens (tertiary/aromatic N) is 2. The van der Waals surface area contributed by atoms with Crippen LogP contribution in [0, 0.1) is 20.2 Å². The van der Waals surface area contributed by atoms with Gasteiger partial charge >= 0.3 is 59.1 Å².